The highest BCUT2D eigenvalue weighted by Crippen LogP contribution is 2.15. The summed E-state index contributed by atoms with van der Waals surface area (Å²) in [5.41, 5.74) is 2.99. The summed E-state index contributed by atoms with van der Waals surface area (Å²) in [6, 6.07) is 5.39. The lowest BCUT2D eigenvalue weighted by Crippen LogP contribution is -2.41. The minimum Gasteiger partial charge on any atom is -0.394 e. The molecule has 1 rings (SSSR count). The van der Waals surface area contributed by atoms with Crippen LogP contribution in [-0.2, 0) is 0 Å². The Bertz CT molecular complexity index is 430. The van der Waals surface area contributed by atoms with E-state index in [1.54, 1.807) is 0 Å². The topological polar surface area (TPSA) is 61.4 Å². The van der Waals surface area contributed by atoms with E-state index < -0.39 is 0 Å². The van der Waals surface area contributed by atoms with Gasteiger partial charge in [0, 0.05) is 5.69 Å². The number of aliphatic hydroxyl groups is 1. The van der Waals surface area contributed by atoms with Crippen LogP contribution in [0.2, 0.25) is 0 Å². The van der Waals surface area contributed by atoms with Crippen LogP contribution in [-0.4, -0.2) is 23.8 Å². The first-order chi connectivity index (χ1) is 8.92. The van der Waals surface area contributed by atoms with Crippen LogP contribution < -0.4 is 10.6 Å². The van der Waals surface area contributed by atoms with Gasteiger partial charge in [-0.05, 0) is 37.8 Å². The van der Waals surface area contributed by atoms with Gasteiger partial charge in [-0.2, -0.15) is 0 Å². The van der Waals surface area contributed by atoms with E-state index in [9.17, 15) is 9.90 Å². The van der Waals surface area contributed by atoms with Crippen LogP contribution in [0.25, 0.3) is 0 Å². The zero-order valence-corrected chi connectivity index (χ0v) is 12.2. The van der Waals surface area contributed by atoms with Crippen molar-refractivity contribution in [2.45, 2.75) is 40.2 Å². The van der Waals surface area contributed by atoms with Gasteiger partial charge in [0.1, 0.15) is 0 Å². The molecule has 0 radical (unpaired) electrons. The number of amides is 2. The fourth-order valence-corrected chi connectivity index (χ4v) is 2.05. The number of nitrogens with one attached hydrogen (secondary N) is 2. The molecule has 1 unspecified atom stereocenters. The fourth-order valence-electron chi connectivity index (χ4n) is 2.05. The van der Waals surface area contributed by atoms with Crippen LogP contribution in [0.15, 0.2) is 18.2 Å². The SMILES string of the molecule is Cc1ccc(NC(=O)NC(CO)CC(C)C)c(C)c1. The second-order valence-electron chi connectivity index (χ2n) is 5.43. The van der Waals surface area contributed by atoms with Gasteiger partial charge in [0.15, 0.2) is 0 Å². The van der Waals surface area contributed by atoms with Crippen molar-refractivity contribution in [3.63, 3.8) is 0 Å². The third-order valence-electron chi connectivity index (χ3n) is 2.94. The predicted molar refractivity (Wildman–Crippen MR) is 78.4 cm³/mol. The number of carbonyl (C=O) groups is 1. The summed E-state index contributed by atoms with van der Waals surface area (Å²) in [5, 5.41) is 14.8. The lowest BCUT2D eigenvalue weighted by Gasteiger charge is -2.19. The zero-order valence-electron chi connectivity index (χ0n) is 12.2. The van der Waals surface area contributed by atoms with Gasteiger partial charge in [0.05, 0.1) is 12.6 Å². The Hall–Kier alpha value is -1.55. The quantitative estimate of drug-likeness (QED) is 0.766. The van der Waals surface area contributed by atoms with Crippen molar-refractivity contribution in [1.82, 2.24) is 5.32 Å². The third-order valence-corrected chi connectivity index (χ3v) is 2.94. The number of hydrogen-bond acceptors (Lipinski definition) is 2. The number of aryl methyl sites for hydroxylation is 2. The van der Waals surface area contributed by atoms with Crippen molar-refractivity contribution in [2.24, 2.45) is 5.92 Å². The van der Waals surface area contributed by atoms with Crippen LogP contribution in [0, 0.1) is 19.8 Å². The number of aliphatic hydroxyl groups excluding tert-OH is 1. The van der Waals surface area contributed by atoms with Gasteiger partial charge in [-0.1, -0.05) is 31.5 Å². The first-order valence-corrected chi connectivity index (χ1v) is 6.68. The van der Waals surface area contributed by atoms with Crippen LogP contribution in [0.1, 0.15) is 31.4 Å². The van der Waals surface area contributed by atoms with Crippen molar-refractivity contribution in [1.29, 1.82) is 0 Å². The van der Waals surface area contributed by atoms with Gasteiger partial charge in [-0.25, -0.2) is 4.79 Å². The lowest BCUT2D eigenvalue weighted by molar-refractivity contribution is 0.214. The molecule has 2 amide bonds. The van der Waals surface area contributed by atoms with Gasteiger partial charge in [0.25, 0.3) is 0 Å². The minimum atomic E-state index is -0.272. The van der Waals surface area contributed by atoms with Crippen molar-refractivity contribution in [3.05, 3.63) is 29.3 Å². The molecule has 1 aromatic rings. The average Bonchev–Trinajstić information content (AvgIpc) is 2.31. The average molecular weight is 264 g/mol. The molecular weight excluding hydrogens is 240 g/mol. The normalized spacial score (nSPS) is 12.3. The van der Waals surface area contributed by atoms with Crippen LogP contribution in [0.4, 0.5) is 10.5 Å². The fraction of sp³-hybridized carbons (Fsp3) is 0.533. The van der Waals surface area contributed by atoms with Crippen LogP contribution in [0.3, 0.4) is 0 Å². The molecule has 3 N–H and O–H groups in total. The molecule has 0 aromatic heterocycles. The molecule has 0 aliphatic heterocycles. The third kappa shape index (κ3) is 5.30. The summed E-state index contributed by atoms with van der Waals surface area (Å²) in [4.78, 5) is 11.9. The standard InChI is InChI=1S/C15H24N2O2/c1-10(2)7-13(9-18)16-15(19)17-14-6-5-11(3)8-12(14)4/h5-6,8,10,13,18H,7,9H2,1-4H3,(H2,16,17,19). The van der Waals surface area contributed by atoms with E-state index in [2.05, 4.69) is 24.5 Å². The Kier molecular flexibility index (Phi) is 5.83. The molecule has 0 heterocycles. The van der Waals surface area contributed by atoms with Crippen LogP contribution >= 0.6 is 0 Å². The molecule has 0 spiro atoms. The summed E-state index contributed by atoms with van der Waals surface area (Å²) < 4.78 is 0. The summed E-state index contributed by atoms with van der Waals surface area (Å²) in [5.74, 6) is 0.429. The van der Waals surface area contributed by atoms with Gasteiger partial charge in [-0.3, -0.25) is 0 Å². The highest BCUT2D eigenvalue weighted by Gasteiger charge is 2.13. The smallest absolute Gasteiger partial charge is 0.319 e. The molecule has 0 aliphatic carbocycles. The molecule has 4 nitrogen and oxygen atoms in total. The molecule has 0 fully saturated rings. The first-order valence-electron chi connectivity index (χ1n) is 6.68. The summed E-state index contributed by atoms with van der Waals surface area (Å²) >= 11 is 0. The molecule has 106 valence electrons. The number of anilines is 1. The Morgan fingerprint density at radius 2 is 2.00 bits per heavy atom. The number of carbonyl (C=O) groups excluding carboxylic acids is 1. The second kappa shape index (κ2) is 7.14. The Balaban J connectivity index is 2.59. The molecule has 0 saturated carbocycles. The highest BCUT2D eigenvalue weighted by atomic mass is 16.3. The van der Waals surface area contributed by atoms with Crippen molar-refractivity contribution >= 4 is 11.7 Å². The second-order valence-corrected chi connectivity index (χ2v) is 5.43. The molecular formula is C15H24N2O2. The van der Waals surface area contributed by atoms with Crippen molar-refractivity contribution in [3.8, 4) is 0 Å². The van der Waals surface area contributed by atoms with Gasteiger partial charge in [-0.15, -0.1) is 0 Å². The minimum absolute atomic E-state index is 0.0432. The summed E-state index contributed by atoms with van der Waals surface area (Å²) in [7, 11) is 0. The first kappa shape index (κ1) is 15.5. The van der Waals surface area contributed by atoms with Crippen LogP contribution in [0.5, 0.6) is 0 Å². The lowest BCUT2D eigenvalue weighted by atomic mass is 10.0. The monoisotopic (exact) mass is 264 g/mol. The van der Waals surface area contributed by atoms with Gasteiger partial charge < -0.3 is 15.7 Å². The van der Waals surface area contributed by atoms with Crippen molar-refractivity contribution in [2.75, 3.05) is 11.9 Å². The summed E-state index contributed by atoms with van der Waals surface area (Å²) in [6.07, 6.45) is 0.761. The predicted octanol–water partition coefficient (Wildman–Crippen LogP) is 2.83. The van der Waals surface area contributed by atoms with E-state index in [4.69, 9.17) is 0 Å². The maximum atomic E-state index is 11.9. The number of rotatable bonds is 5. The van der Waals surface area contributed by atoms with Gasteiger partial charge >= 0.3 is 6.03 Å². The van der Waals surface area contributed by atoms with E-state index in [-0.39, 0.29) is 18.7 Å². The van der Waals surface area contributed by atoms with E-state index in [1.807, 2.05) is 32.0 Å². The molecule has 0 aliphatic rings. The van der Waals surface area contributed by atoms with Crippen molar-refractivity contribution < 1.29 is 9.90 Å². The Labute approximate surface area is 115 Å². The number of benzene rings is 1. The molecule has 1 aromatic carbocycles. The van der Waals surface area contributed by atoms with E-state index in [0.29, 0.717) is 5.92 Å². The summed E-state index contributed by atoms with van der Waals surface area (Å²) in [6.45, 7) is 8.05. The van der Waals surface area contributed by atoms with E-state index >= 15 is 0 Å². The molecule has 0 bridgehead atoms. The zero-order chi connectivity index (χ0) is 14.4. The molecule has 19 heavy (non-hydrogen) atoms. The molecule has 0 saturated heterocycles. The number of hydrogen-bond donors (Lipinski definition) is 3. The van der Waals surface area contributed by atoms with E-state index in [0.717, 1.165) is 23.2 Å². The largest absolute Gasteiger partial charge is 0.394 e. The Morgan fingerprint density at radius 3 is 2.53 bits per heavy atom. The Morgan fingerprint density at radius 1 is 1.32 bits per heavy atom. The molecule has 1 atom stereocenters. The van der Waals surface area contributed by atoms with Gasteiger partial charge in [0.2, 0.25) is 0 Å². The maximum absolute atomic E-state index is 11.9. The highest BCUT2D eigenvalue weighted by molar-refractivity contribution is 5.90. The number of urea groups is 1. The molecule has 4 heteroatoms. The maximum Gasteiger partial charge on any atom is 0.319 e. The van der Waals surface area contributed by atoms with E-state index in [1.165, 1.54) is 0 Å².